The van der Waals surface area contributed by atoms with Crippen molar-refractivity contribution in [1.29, 1.82) is 0 Å². The molecule has 2 rings (SSSR count). The number of aromatic amines is 1. The van der Waals surface area contributed by atoms with Crippen LogP contribution in [0, 0.1) is 5.92 Å². The minimum Gasteiger partial charge on any atom is -0.457 e. The summed E-state index contributed by atoms with van der Waals surface area (Å²) < 4.78 is 5.00. The number of nitrogens with one attached hydrogen (secondary N) is 1. The fraction of sp³-hybridized carbons (Fsp3) is 0.500. The van der Waals surface area contributed by atoms with E-state index in [1.165, 1.54) is 0 Å². The second kappa shape index (κ2) is 4.96. The van der Waals surface area contributed by atoms with Gasteiger partial charge < -0.3 is 9.72 Å². The van der Waals surface area contributed by atoms with Crippen LogP contribution in [0.25, 0.3) is 0 Å². The van der Waals surface area contributed by atoms with Gasteiger partial charge in [-0.05, 0) is 25.0 Å². The van der Waals surface area contributed by atoms with Crippen LogP contribution >= 0.6 is 0 Å². The van der Waals surface area contributed by atoms with Gasteiger partial charge in [0.05, 0.1) is 11.6 Å². The number of aromatic nitrogens is 1. The lowest BCUT2D eigenvalue weighted by atomic mass is 10.1. The number of carbonyl (C=O) groups excluding carboxylic acids is 2. The van der Waals surface area contributed by atoms with Crippen LogP contribution in [0.2, 0.25) is 0 Å². The normalized spacial score (nSPS) is 16.2. The van der Waals surface area contributed by atoms with Crippen LogP contribution in [0.1, 0.15) is 36.2 Å². The quantitative estimate of drug-likeness (QED) is 0.624. The molecule has 0 aromatic carbocycles. The van der Waals surface area contributed by atoms with Crippen molar-refractivity contribution in [2.75, 3.05) is 6.61 Å². The number of ketones is 1. The average molecular weight is 221 g/mol. The van der Waals surface area contributed by atoms with Gasteiger partial charge in [0, 0.05) is 6.20 Å². The van der Waals surface area contributed by atoms with Gasteiger partial charge in [0.1, 0.15) is 0 Å². The molecule has 0 unspecified atom stereocenters. The first-order valence-corrected chi connectivity index (χ1v) is 5.60. The maximum atomic E-state index is 11.5. The van der Waals surface area contributed by atoms with Gasteiger partial charge in [-0.2, -0.15) is 0 Å². The van der Waals surface area contributed by atoms with Crippen molar-refractivity contribution in [3.63, 3.8) is 0 Å². The molecule has 1 N–H and O–H groups in total. The highest BCUT2D eigenvalue weighted by Gasteiger charge is 2.24. The predicted octanol–water partition coefficient (Wildman–Crippen LogP) is 1.93. The van der Waals surface area contributed by atoms with E-state index in [1.54, 1.807) is 18.3 Å². The lowest BCUT2D eigenvalue weighted by molar-refractivity contribution is -0.147. The Labute approximate surface area is 94.0 Å². The summed E-state index contributed by atoms with van der Waals surface area (Å²) in [6.45, 7) is -0.157. The van der Waals surface area contributed by atoms with Gasteiger partial charge in [0.2, 0.25) is 5.78 Å². The van der Waals surface area contributed by atoms with Crippen LogP contribution in [0.15, 0.2) is 18.3 Å². The van der Waals surface area contributed by atoms with E-state index in [9.17, 15) is 9.59 Å². The number of esters is 1. The Morgan fingerprint density at radius 3 is 2.75 bits per heavy atom. The van der Waals surface area contributed by atoms with Crippen molar-refractivity contribution in [3.8, 4) is 0 Å². The summed E-state index contributed by atoms with van der Waals surface area (Å²) in [4.78, 5) is 25.8. The SMILES string of the molecule is O=C(COC(=O)C1CCCC1)c1ccc[nH]1. The summed E-state index contributed by atoms with van der Waals surface area (Å²) in [7, 11) is 0. The summed E-state index contributed by atoms with van der Waals surface area (Å²) in [5.74, 6) is -0.398. The molecule has 1 fully saturated rings. The molecule has 4 heteroatoms. The minimum atomic E-state index is -0.225. The third-order valence-electron chi connectivity index (χ3n) is 2.93. The van der Waals surface area contributed by atoms with Crippen LogP contribution in [-0.4, -0.2) is 23.3 Å². The number of ether oxygens (including phenoxy) is 1. The zero-order valence-corrected chi connectivity index (χ0v) is 9.07. The standard InChI is InChI=1S/C12H15NO3/c14-11(10-6-3-7-13-10)8-16-12(15)9-4-1-2-5-9/h3,6-7,9,13H,1-2,4-5,8H2. The molecule has 1 aliphatic rings. The predicted molar refractivity (Wildman–Crippen MR) is 58.0 cm³/mol. The maximum absolute atomic E-state index is 11.5. The van der Waals surface area contributed by atoms with Gasteiger partial charge in [-0.3, -0.25) is 9.59 Å². The highest BCUT2D eigenvalue weighted by atomic mass is 16.5. The zero-order valence-electron chi connectivity index (χ0n) is 9.07. The number of Topliss-reactive ketones (excluding diaryl/α,β-unsaturated/α-hetero) is 1. The van der Waals surface area contributed by atoms with Gasteiger partial charge in [-0.15, -0.1) is 0 Å². The Morgan fingerprint density at radius 2 is 2.12 bits per heavy atom. The lowest BCUT2D eigenvalue weighted by Crippen LogP contribution is -2.19. The first-order valence-electron chi connectivity index (χ1n) is 5.60. The molecule has 1 saturated carbocycles. The number of hydrogen-bond acceptors (Lipinski definition) is 3. The molecule has 0 spiro atoms. The molecule has 0 saturated heterocycles. The van der Waals surface area contributed by atoms with E-state index in [0.717, 1.165) is 25.7 Å². The molecule has 86 valence electrons. The van der Waals surface area contributed by atoms with Crippen LogP contribution in [0.5, 0.6) is 0 Å². The Bertz CT molecular complexity index is 364. The van der Waals surface area contributed by atoms with Crippen molar-refractivity contribution >= 4 is 11.8 Å². The van der Waals surface area contributed by atoms with Gasteiger partial charge in [-0.1, -0.05) is 12.8 Å². The van der Waals surface area contributed by atoms with E-state index < -0.39 is 0 Å². The fourth-order valence-electron chi connectivity index (χ4n) is 2.00. The van der Waals surface area contributed by atoms with Gasteiger partial charge in [-0.25, -0.2) is 0 Å². The minimum absolute atomic E-state index is 0.0106. The molecule has 1 aliphatic carbocycles. The van der Waals surface area contributed by atoms with Gasteiger partial charge in [0.15, 0.2) is 6.61 Å². The van der Waals surface area contributed by atoms with E-state index in [2.05, 4.69) is 4.98 Å². The molecule has 0 bridgehead atoms. The van der Waals surface area contributed by atoms with E-state index >= 15 is 0 Å². The average Bonchev–Trinajstić information content (AvgIpc) is 2.95. The Hall–Kier alpha value is -1.58. The molecular formula is C12H15NO3. The van der Waals surface area contributed by atoms with Crippen molar-refractivity contribution < 1.29 is 14.3 Å². The molecule has 1 aromatic heterocycles. The second-order valence-corrected chi connectivity index (χ2v) is 4.10. The number of carbonyl (C=O) groups is 2. The first-order chi connectivity index (χ1) is 7.77. The van der Waals surface area contributed by atoms with Gasteiger partial charge >= 0.3 is 5.97 Å². The molecule has 1 heterocycles. The topological polar surface area (TPSA) is 59.2 Å². The molecule has 1 aromatic rings. The van der Waals surface area contributed by atoms with Crippen molar-refractivity contribution in [3.05, 3.63) is 24.0 Å². The largest absolute Gasteiger partial charge is 0.457 e. The summed E-state index contributed by atoms with van der Waals surface area (Å²) in [6, 6.07) is 3.41. The zero-order chi connectivity index (χ0) is 11.4. The monoisotopic (exact) mass is 221 g/mol. The highest BCUT2D eigenvalue weighted by molar-refractivity contribution is 5.96. The second-order valence-electron chi connectivity index (χ2n) is 4.10. The van der Waals surface area contributed by atoms with Crippen LogP contribution in [0.3, 0.4) is 0 Å². The third kappa shape index (κ3) is 2.51. The third-order valence-corrected chi connectivity index (χ3v) is 2.93. The number of H-pyrrole nitrogens is 1. The van der Waals surface area contributed by atoms with E-state index in [1.807, 2.05) is 0 Å². The van der Waals surface area contributed by atoms with Crippen molar-refractivity contribution in [2.45, 2.75) is 25.7 Å². The van der Waals surface area contributed by atoms with E-state index in [-0.39, 0.29) is 24.3 Å². The highest BCUT2D eigenvalue weighted by Crippen LogP contribution is 2.25. The molecule has 0 atom stereocenters. The summed E-state index contributed by atoms with van der Waals surface area (Å²) in [5, 5.41) is 0. The molecule has 16 heavy (non-hydrogen) atoms. The maximum Gasteiger partial charge on any atom is 0.309 e. The molecular weight excluding hydrogens is 206 g/mol. The summed E-state index contributed by atoms with van der Waals surface area (Å²) >= 11 is 0. The Kier molecular flexibility index (Phi) is 3.39. The summed E-state index contributed by atoms with van der Waals surface area (Å²) in [6.07, 6.45) is 5.64. The smallest absolute Gasteiger partial charge is 0.309 e. The Morgan fingerprint density at radius 1 is 1.38 bits per heavy atom. The van der Waals surface area contributed by atoms with Crippen molar-refractivity contribution in [2.24, 2.45) is 5.92 Å². The molecule has 0 aliphatic heterocycles. The number of hydrogen-bond donors (Lipinski definition) is 1. The molecule has 0 radical (unpaired) electrons. The van der Waals surface area contributed by atoms with Crippen LogP contribution < -0.4 is 0 Å². The molecule has 4 nitrogen and oxygen atoms in total. The number of rotatable bonds is 4. The van der Waals surface area contributed by atoms with E-state index in [4.69, 9.17) is 4.74 Å². The van der Waals surface area contributed by atoms with Gasteiger partial charge in [0.25, 0.3) is 0 Å². The molecule has 0 amide bonds. The van der Waals surface area contributed by atoms with Crippen LogP contribution in [0.4, 0.5) is 0 Å². The van der Waals surface area contributed by atoms with E-state index in [0.29, 0.717) is 5.69 Å². The lowest BCUT2D eigenvalue weighted by Gasteiger charge is -2.08. The fourth-order valence-corrected chi connectivity index (χ4v) is 2.00. The summed E-state index contributed by atoms with van der Waals surface area (Å²) in [5.41, 5.74) is 0.485. The Balaban J connectivity index is 1.79. The van der Waals surface area contributed by atoms with Crippen LogP contribution in [-0.2, 0) is 9.53 Å². The first kappa shape index (κ1) is 10.9. The van der Waals surface area contributed by atoms with Crippen molar-refractivity contribution in [1.82, 2.24) is 4.98 Å².